The lowest BCUT2D eigenvalue weighted by Gasteiger charge is -2.42. The van der Waals surface area contributed by atoms with Crippen LogP contribution in [0, 0.1) is 0 Å². The topological polar surface area (TPSA) is 66.0 Å². The Kier molecular flexibility index (Phi) is 5.68. The highest BCUT2D eigenvalue weighted by Gasteiger charge is 2.34. The summed E-state index contributed by atoms with van der Waals surface area (Å²) in [6.07, 6.45) is 1.71. The SMILES string of the molecule is CC(=O)N1/C(=C\c2ccc3cc(CN4CCN(C5COC5)CC4)ccc3n2)C(=O)c2ccccc21. The fraction of sp³-hybridized carbons (Fsp3) is 0.321. The lowest BCUT2D eigenvalue weighted by atomic mass is 10.1. The Balaban J connectivity index is 1.20. The highest BCUT2D eigenvalue weighted by molar-refractivity contribution is 6.26. The van der Waals surface area contributed by atoms with Crippen molar-refractivity contribution in [3.8, 4) is 0 Å². The number of fused-ring (bicyclic) bond motifs is 2. The standard InChI is InChI=1S/C28H28N4O3/c1-19(33)32-26-5-3-2-4-24(26)28(34)27(32)15-22-8-7-21-14-20(6-9-25(21)29-22)16-30-10-12-31(13-11-30)23-17-35-18-23/h2-9,14-15,23H,10-13,16-18H2,1H3/b27-15-. The highest BCUT2D eigenvalue weighted by Crippen LogP contribution is 2.35. The zero-order valence-corrected chi connectivity index (χ0v) is 19.8. The van der Waals surface area contributed by atoms with Gasteiger partial charge < -0.3 is 4.74 Å². The Bertz CT molecular complexity index is 1340. The second-order valence-electron chi connectivity index (χ2n) is 9.50. The largest absolute Gasteiger partial charge is 0.378 e. The molecule has 0 N–H and O–H groups in total. The number of benzene rings is 2. The third-order valence-electron chi connectivity index (χ3n) is 7.19. The van der Waals surface area contributed by atoms with Crippen LogP contribution in [0.15, 0.2) is 60.3 Å². The molecule has 3 aliphatic heterocycles. The fourth-order valence-corrected chi connectivity index (χ4v) is 5.19. The molecule has 2 saturated heterocycles. The van der Waals surface area contributed by atoms with E-state index in [1.165, 1.54) is 17.4 Å². The molecular weight excluding hydrogens is 440 g/mol. The Labute approximate surface area is 204 Å². The van der Waals surface area contributed by atoms with Crippen molar-refractivity contribution < 1.29 is 14.3 Å². The van der Waals surface area contributed by atoms with Gasteiger partial charge in [-0.2, -0.15) is 0 Å². The monoisotopic (exact) mass is 468 g/mol. The molecule has 3 aliphatic rings. The van der Waals surface area contributed by atoms with Gasteiger partial charge in [-0.15, -0.1) is 0 Å². The maximum absolute atomic E-state index is 13.0. The summed E-state index contributed by atoms with van der Waals surface area (Å²) < 4.78 is 5.33. The van der Waals surface area contributed by atoms with Crippen molar-refractivity contribution in [3.05, 3.63) is 77.1 Å². The molecule has 7 heteroatoms. The van der Waals surface area contributed by atoms with Crippen LogP contribution in [0.4, 0.5) is 5.69 Å². The number of aromatic nitrogens is 1. The van der Waals surface area contributed by atoms with E-state index < -0.39 is 0 Å². The van der Waals surface area contributed by atoms with Crippen LogP contribution in [0.3, 0.4) is 0 Å². The number of ether oxygens (including phenoxy) is 1. The first-order chi connectivity index (χ1) is 17.1. The Hall–Kier alpha value is -3.39. The number of rotatable bonds is 4. The molecule has 6 rings (SSSR count). The normalized spacial score (nSPS) is 20.4. The number of Topliss-reactive ketones (excluding diaryl/α,β-unsaturated/α-hetero) is 1. The van der Waals surface area contributed by atoms with E-state index >= 15 is 0 Å². The quantitative estimate of drug-likeness (QED) is 0.548. The first-order valence-electron chi connectivity index (χ1n) is 12.2. The lowest BCUT2D eigenvalue weighted by Crippen LogP contribution is -2.56. The number of hydrogen-bond donors (Lipinski definition) is 0. The minimum absolute atomic E-state index is 0.155. The predicted molar refractivity (Wildman–Crippen MR) is 135 cm³/mol. The molecule has 2 fully saturated rings. The number of amides is 1. The summed E-state index contributed by atoms with van der Waals surface area (Å²) >= 11 is 0. The number of pyridine rings is 1. The van der Waals surface area contributed by atoms with Crippen molar-refractivity contribution in [3.63, 3.8) is 0 Å². The summed E-state index contributed by atoms with van der Waals surface area (Å²) in [6.45, 7) is 8.50. The van der Waals surface area contributed by atoms with E-state index in [0.717, 1.165) is 56.8 Å². The van der Waals surface area contributed by atoms with Gasteiger partial charge in [0.2, 0.25) is 11.7 Å². The van der Waals surface area contributed by atoms with E-state index in [0.29, 0.717) is 28.7 Å². The van der Waals surface area contributed by atoms with Gasteiger partial charge >= 0.3 is 0 Å². The van der Waals surface area contributed by atoms with Gasteiger partial charge in [0, 0.05) is 50.6 Å². The second-order valence-corrected chi connectivity index (χ2v) is 9.50. The zero-order valence-electron chi connectivity index (χ0n) is 19.8. The fourth-order valence-electron chi connectivity index (χ4n) is 5.19. The minimum Gasteiger partial charge on any atom is -0.378 e. The van der Waals surface area contributed by atoms with Crippen LogP contribution in [0.25, 0.3) is 17.0 Å². The van der Waals surface area contributed by atoms with Crippen LogP contribution in [-0.4, -0.2) is 71.9 Å². The molecule has 0 atom stereocenters. The number of ketones is 1. The maximum atomic E-state index is 13.0. The molecule has 3 aromatic rings. The van der Waals surface area contributed by atoms with E-state index in [9.17, 15) is 9.59 Å². The summed E-state index contributed by atoms with van der Waals surface area (Å²) in [5.41, 5.74) is 4.31. The van der Waals surface area contributed by atoms with E-state index in [4.69, 9.17) is 9.72 Å². The number of nitrogens with zero attached hydrogens (tertiary/aromatic N) is 4. The molecule has 1 aromatic heterocycles. The number of carbonyl (C=O) groups excluding carboxylic acids is 2. The van der Waals surface area contributed by atoms with E-state index in [1.54, 1.807) is 18.2 Å². The summed E-state index contributed by atoms with van der Waals surface area (Å²) in [5.74, 6) is -0.347. The average molecular weight is 469 g/mol. The van der Waals surface area contributed by atoms with Crippen molar-refractivity contribution in [2.75, 3.05) is 44.3 Å². The van der Waals surface area contributed by atoms with E-state index in [-0.39, 0.29) is 11.7 Å². The zero-order chi connectivity index (χ0) is 23.9. The molecule has 0 bridgehead atoms. The van der Waals surface area contributed by atoms with Gasteiger partial charge in [0.1, 0.15) is 0 Å². The van der Waals surface area contributed by atoms with Crippen molar-refractivity contribution in [1.29, 1.82) is 0 Å². The van der Waals surface area contributed by atoms with Gasteiger partial charge in [-0.3, -0.25) is 24.3 Å². The van der Waals surface area contributed by atoms with Crippen molar-refractivity contribution in [2.45, 2.75) is 19.5 Å². The van der Waals surface area contributed by atoms with E-state index in [2.05, 4.69) is 21.9 Å². The summed E-state index contributed by atoms with van der Waals surface area (Å²) in [5, 5.41) is 1.07. The first-order valence-corrected chi connectivity index (χ1v) is 12.2. The summed E-state index contributed by atoms with van der Waals surface area (Å²) in [4.78, 5) is 36.6. The van der Waals surface area contributed by atoms with Crippen LogP contribution >= 0.6 is 0 Å². The van der Waals surface area contributed by atoms with Crippen LogP contribution in [0.1, 0.15) is 28.5 Å². The smallest absolute Gasteiger partial charge is 0.228 e. The first kappa shape index (κ1) is 22.1. The molecule has 35 heavy (non-hydrogen) atoms. The molecule has 7 nitrogen and oxygen atoms in total. The molecule has 0 spiro atoms. The van der Waals surface area contributed by atoms with Gasteiger partial charge in [0.05, 0.1) is 41.9 Å². The third kappa shape index (κ3) is 4.16. The molecule has 4 heterocycles. The molecule has 178 valence electrons. The van der Waals surface area contributed by atoms with Crippen LogP contribution < -0.4 is 4.90 Å². The van der Waals surface area contributed by atoms with Gasteiger partial charge in [0.25, 0.3) is 0 Å². The second kappa shape index (κ2) is 9.00. The van der Waals surface area contributed by atoms with E-state index in [1.807, 2.05) is 30.3 Å². The summed E-state index contributed by atoms with van der Waals surface area (Å²) in [7, 11) is 0. The average Bonchev–Trinajstić information content (AvgIpc) is 3.11. The van der Waals surface area contributed by atoms with Crippen LogP contribution in [-0.2, 0) is 16.1 Å². The van der Waals surface area contributed by atoms with Crippen LogP contribution in [0.2, 0.25) is 0 Å². The van der Waals surface area contributed by atoms with Crippen molar-refractivity contribution in [2.24, 2.45) is 0 Å². The number of anilines is 1. The lowest BCUT2D eigenvalue weighted by molar-refractivity contribution is -0.116. The Morgan fingerprint density at radius 3 is 2.60 bits per heavy atom. The van der Waals surface area contributed by atoms with Crippen molar-refractivity contribution in [1.82, 2.24) is 14.8 Å². The molecule has 0 saturated carbocycles. The number of allylic oxidation sites excluding steroid dienone is 1. The Morgan fingerprint density at radius 1 is 1.06 bits per heavy atom. The summed E-state index contributed by atoms with van der Waals surface area (Å²) in [6, 6.07) is 18.1. The maximum Gasteiger partial charge on any atom is 0.228 e. The van der Waals surface area contributed by atoms with Crippen molar-refractivity contribution >= 4 is 34.4 Å². The molecule has 0 radical (unpaired) electrons. The molecule has 1 amide bonds. The van der Waals surface area contributed by atoms with Gasteiger partial charge in [-0.05, 0) is 42.0 Å². The Morgan fingerprint density at radius 2 is 1.86 bits per heavy atom. The molecule has 0 unspecified atom stereocenters. The van der Waals surface area contributed by atoms with Gasteiger partial charge in [-0.1, -0.05) is 24.3 Å². The highest BCUT2D eigenvalue weighted by atomic mass is 16.5. The molecule has 0 aliphatic carbocycles. The number of hydrogen-bond acceptors (Lipinski definition) is 6. The number of carbonyl (C=O) groups is 2. The molecule has 2 aromatic carbocycles. The van der Waals surface area contributed by atoms with Gasteiger partial charge in [-0.25, -0.2) is 4.98 Å². The van der Waals surface area contributed by atoms with Gasteiger partial charge in [0.15, 0.2) is 0 Å². The number of piperazine rings is 1. The molecular formula is C28H28N4O3. The predicted octanol–water partition coefficient (Wildman–Crippen LogP) is 3.34. The van der Waals surface area contributed by atoms with Crippen LogP contribution in [0.5, 0.6) is 0 Å². The number of para-hydroxylation sites is 1. The third-order valence-corrected chi connectivity index (χ3v) is 7.19. The minimum atomic E-state index is -0.193.